The number of rotatable bonds is 2. The first-order chi connectivity index (χ1) is 15.5. The summed E-state index contributed by atoms with van der Waals surface area (Å²) in [7, 11) is 2.65. The minimum absolute atomic E-state index is 0.112. The van der Waals surface area contributed by atoms with Gasteiger partial charge in [-0.1, -0.05) is 23.8 Å². The molecule has 2 N–H and O–H groups in total. The molecule has 4 amide bonds. The van der Waals surface area contributed by atoms with Crippen molar-refractivity contribution in [3.05, 3.63) is 35.4 Å². The lowest BCUT2D eigenvalue weighted by molar-refractivity contribution is -0.173. The lowest BCUT2D eigenvalue weighted by Crippen LogP contribution is -2.60. The molecule has 1 saturated carbocycles. The number of carbonyl (C=O) groups excluding carboxylic acids is 4. The molecule has 2 aliphatic carbocycles. The second-order valence-corrected chi connectivity index (χ2v) is 10.1. The van der Waals surface area contributed by atoms with E-state index in [2.05, 4.69) is 0 Å². The first-order valence-corrected chi connectivity index (χ1v) is 11.1. The molecule has 6 unspecified atom stereocenters. The van der Waals surface area contributed by atoms with Crippen molar-refractivity contribution in [3.63, 3.8) is 0 Å². The third kappa shape index (κ3) is 2.47. The minimum atomic E-state index is -2.00. The first kappa shape index (κ1) is 22.2. The molecule has 2 saturated heterocycles. The van der Waals surface area contributed by atoms with Gasteiger partial charge in [-0.05, 0) is 24.8 Å². The van der Waals surface area contributed by atoms with Crippen molar-refractivity contribution in [1.82, 2.24) is 9.96 Å². The molecular weight excluding hydrogens is 475 g/mol. The Morgan fingerprint density at radius 2 is 1.79 bits per heavy atom. The van der Waals surface area contributed by atoms with Crippen LogP contribution >= 0.6 is 23.2 Å². The Bertz CT molecular complexity index is 1170. The topological polar surface area (TPSA) is 124 Å². The molecule has 0 spiro atoms. The van der Waals surface area contributed by atoms with E-state index >= 15 is 0 Å². The van der Waals surface area contributed by atoms with Crippen molar-refractivity contribution >= 4 is 46.8 Å². The third-order valence-corrected chi connectivity index (χ3v) is 8.97. The van der Waals surface area contributed by atoms with Gasteiger partial charge in [-0.3, -0.25) is 29.3 Å². The zero-order valence-electron chi connectivity index (χ0n) is 17.6. The summed E-state index contributed by atoms with van der Waals surface area (Å²) in [4.78, 5) is 48.8. The standard InChI is InChI=1S/C22H20Cl2N2O7/c1-25-19(30)21(23)8-12-9(6-7-10-14(12)18(29)26(32)17(10)28)15(22(21,24)20(25)31)11-4-3-5-13(33-2)16(11)27/h3-6,10,12,14-15,27,32H,7-8H2,1-2H3. The SMILES string of the molecule is COc1cccc(C2C3=CCC4C(=O)N(O)C(=O)C4C3CC3(Cl)C(=O)N(C)C(=O)C23Cl)c1O. The number of hydrogen-bond acceptors (Lipinski definition) is 7. The lowest BCUT2D eigenvalue weighted by atomic mass is 9.56. The average molecular weight is 495 g/mol. The van der Waals surface area contributed by atoms with E-state index in [1.54, 1.807) is 18.2 Å². The van der Waals surface area contributed by atoms with E-state index < -0.39 is 57.0 Å². The molecule has 6 atom stereocenters. The normalized spacial score (nSPS) is 37.7. The van der Waals surface area contributed by atoms with Gasteiger partial charge >= 0.3 is 0 Å². The van der Waals surface area contributed by atoms with Crippen LogP contribution in [0.5, 0.6) is 11.5 Å². The molecule has 4 aliphatic rings. The Morgan fingerprint density at radius 1 is 1.09 bits per heavy atom. The number of likely N-dealkylation sites (tertiary alicyclic amines) is 1. The van der Waals surface area contributed by atoms with E-state index in [-0.39, 0.29) is 35.0 Å². The van der Waals surface area contributed by atoms with Gasteiger partial charge in [-0.25, -0.2) is 0 Å². The first-order valence-electron chi connectivity index (χ1n) is 10.3. The van der Waals surface area contributed by atoms with Crippen LogP contribution in [0.4, 0.5) is 0 Å². The predicted molar refractivity (Wildman–Crippen MR) is 114 cm³/mol. The number of phenols is 1. The quantitative estimate of drug-likeness (QED) is 0.277. The Labute approximate surface area is 198 Å². The summed E-state index contributed by atoms with van der Waals surface area (Å²) in [5.41, 5.74) is 0.719. The number of hydrogen-bond donors (Lipinski definition) is 2. The van der Waals surface area contributed by atoms with Crippen LogP contribution in [0.3, 0.4) is 0 Å². The number of nitrogens with zero attached hydrogens (tertiary/aromatic N) is 2. The fourth-order valence-electron chi connectivity index (χ4n) is 6.01. The highest BCUT2D eigenvalue weighted by molar-refractivity contribution is 6.53. The van der Waals surface area contributed by atoms with E-state index in [9.17, 15) is 29.5 Å². The fourth-order valence-corrected chi connectivity index (χ4v) is 7.02. The molecule has 5 rings (SSSR count). The van der Waals surface area contributed by atoms with Gasteiger partial charge in [-0.15, -0.1) is 23.2 Å². The fraction of sp³-hybridized carbons (Fsp3) is 0.455. The number of carbonyl (C=O) groups is 4. The number of para-hydroxylation sites is 1. The Hall–Kier alpha value is -2.62. The van der Waals surface area contributed by atoms with Crippen molar-refractivity contribution in [2.45, 2.75) is 28.5 Å². The van der Waals surface area contributed by atoms with Gasteiger partial charge in [0.1, 0.15) is 0 Å². The van der Waals surface area contributed by atoms with Gasteiger partial charge < -0.3 is 9.84 Å². The van der Waals surface area contributed by atoms with E-state index in [1.165, 1.54) is 20.2 Å². The second-order valence-electron chi connectivity index (χ2n) is 8.88. The summed E-state index contributed by atoms with van der Waals surface area (Å²) >= 11 is 13.9. The molecule has 0 bridgehead atoms. The number of amides is 4. The van der Waals surface area contributed by atoms with Gasteiger partial charge in [0.15, 0.2) is 21.2 Å². The molecule has 174 valence electrons. The van der Waals surface area contributed by atoms with Crippen molar-refractivity contribution in [1.29, 1.82) is 0 Å². The summed E-state index contributed by atoms with van der Waals surface area (Å²) in [5, 5.41) is 21.1. The van der Waals surface area contributed by atoms with Gasteiger partial charge in [-0.2, -0.15) is 5.06 Å². The summed E-state index contributed by atoms with van der Waals surface area (Å²) in [6, 6.07) is 4.68. The van der Waals surface area contributed by atoms with Crippen LogP contribution in [0.15, 0.2) is 29.8 Å². The van der Waals surface area contributed by atoms with Gasteiger partial charge in [0.2, 0.25) is 0 Å². The van der Waals surface area contributed by atoms with Gasteiger partial charge in [0.25, 0.3) is 23.6 Å². The lowest BCUT2D eigenvalue weighted by Gasteiger charge is -2.50. The number of alkyl halides is 2. The highest BCUT2D eigenvalue weighted by Gasteiger charge is 2.76. The maximum Gasteiger partial charge on any atom is 0.257 e. The molecule has 1 aromatic carbocycles. The number of fused-ring (bicyclic) bond motifs is 4. The highest BCUT2D eigenvalue weighted by Crippen LogP contribution is 2.66. The van der Waals surface area contributed by atoms with Crippen LogP contribution in [0.25, 0.3) is 0 Å². The van der Waals surface area contributed by atoms with Crippen molar-refractivity contribution in [2.75, 3.05) is 14.2 Å². The Morgan fingerprint density at radius 3 is 2.45 bits per heavy atom. The number of imide groups is 2. The van der Waals surface area contributed by atoms with Crippen molar-refractivity contribution in [2.24, 2.45) is 17.8 Å². The number of allylic oxidation sites excluding steroid dienone is 2. The van der Waals surface area contributed by atoms with Crippen molar-refractivity contribution in [3.8, 4) is 11.5 Å². The Kier molecular flexibility index (Phi) is 4.67. The predicted octanol–water partition coefficient (Wildman–Crippen LogP) is 1.78. The van der Waals surface area contributed by atoms with Crippen LogP contribution in [0.2, 0.25) is 0 Å². The maximum absolute atomic E-state index is 13.4. The van der Waals surface area contributed by atoms with Crippen LogP contribution in [0.1, 0.15) is 24.3 Å². The molecule has 2 aliphatic heterocycles. The van der Waals surface area contributed by atoms with Crippen molar-refractivity contribution < 1.29 is 34.2 Å². The summed E-state index contributed by atoms with van der Waals surface area (Å²) < 4.78 is 5.22. The number of methoxy groups -OCH3 is 1. The monoisotopic (exact) mass is 494 g/mol. The number of aromatic hydroxyl groups is 1. The summed E-state index contributed by atoms with van der Waals surface area (Å²) in [6.07, 6.45) is 1.64. The molecule has 11 heteroatoms. The molecule has 2 heterocycles. The number of ether oxygens (including phenoxy) is 1. The number of benzene rings is 1. The zero-order chi connectivity index (χ0) is 24.0. The molecule has 33 heavy (non-hydrogen) atoms. The molecule has 1 aromatic rings. The minimum Gasteiger partial charge on any atom is -0.504 e. The average Bonchev–Trinajstić information content (AvgIpc) is 3.09. The van der Waals surface area contributed by atoms with Crippen LogP contribution in [-0.4, -0.2) is 67.8 Å². The van der Waals surface area contributed by atoms with Crippen LogP contribution in [0, 0.1) is 17.8 Å². The molecule has 0 aromatic heterocycles. The highest BCUT2D eigenvalue weighted by atomic mass is 35.5. The molecule has 0 radical (unpaired) electrons. The third-order valence-electron chi connectivity index (χ3n) is 7.55. The van der Waals surface area contributed by atoms with E-state index in [0.717, 1.165) is 4.90 Å². The van der Waals surface area contributed by atoms with Gasteiger partial charge in [0.05, 0.1) is 18.9 Å². The Balaban J connectivity index is 1.78. The molecule has 9 nitrogen and oxygen atoms in total. The van der Waals surface area contributed by atoms with Crippen LogP contribution < -0.4 is 4.74 Å². The van der Waals surface area contributed by atoms with Gasteiger partial charge in [0, 0.05) is 18.5 Å². The number of halogens is 2. The van der Waals surface area contributed by atoms with E-state index in [1.807, 2.05) is 0 Å². The number of phenolic OH excluding ortho intramolecular Hbond substituents is 1. The van der Waals surface area contributed by atoms with E-state index in [0.29, 0.717) is 5.57 Å². The maximum atomic E-state index is 13.4. The van der Waals surface area contributed by atoms with E-state index in [4.69, 9.17) is 27.9 Å². The van der Waals surface area contributed by atoms with Crippen LogP contribution in [-0.2, 0) is 19.2 Å². The second kappa shape index (κ2) is 6.94. The number of hydroxylamine groups is 2. The summed E-state index contributed by atoms with van der Waals surface area (Å²) in [6.45, 7) is 0. The molecular formula is C22H20Cl2N2O7. The molecule has 3 fully saturated rings. The largest absolute Gasteiger partial charge is 0.504 e. The smallest absolute Gasteiger partial charge is 0.257 e. The summed E-state index contributed by atoms with van der Waals surface area (Å²) in [5.74, 6) is -6.76. The zero-order valence-corrected chi connectivity index (χ0v) is 19.1.